The van der Waals surface area contributed by atoms with Gasteiger partial charge in [0.2, 0.25) is 5.89 Å². The van der Waals surface area contributed by atoms with Crippen molar-refractivity contribution in [1.82, 2.24) is 4.98 Å². The van der Waals surface area contributed by atoms with Crippen LogP contribution in [0.25, 0.3) is 66.7 Å². The molecule has 0 spiro atoms. The predicted octanol–water partition coefficient (Wildman–Crippen LogP) is 12.8. The van der Waals surface area contributed by atoms with E-state index in [1.165, 1.54) is 27.8 Å². The van der Waals surface area contributed by atoms with Gasteiger partial charge in [-0.25, -0.2) is 4.98 Å². The summed E-state index contributed by atoms with van der Waals surface area (Å²) >= 11 is 0. The third-order valence-electron chi connectivity index (χ3n) is 10.3. The highest BCUT2D eigenvalue weighted by atomic mass is 16.4. The van der Waals surface area contributed by atoms with Gasteiger partial charge in [-0.1, -0.05) is 105 Å². The lowest BCUT2D eigenvalue weighted by atomic mass is 9.82. The van der Waals surface area contributed by atoms with Gasteiger partial charge < -0.3 is 13.7 Å². The first kappa shape index (κ1) is 28.6. The van der Waals surface area contributed by atoms with Crippen LogP contribution in [0, 0.1) is 0 Å². The maximum atomic E-state index is 6.42. The van der Waals surface area contributed by atoms with Crippen LogP contribution in [0.1, 0.15) is 25.0 Å². The van der Waals surface area contributed by atoms with Crippen molar-refractivity contribution >= 4 is 50.1 Å². The Morgan fingerprint density at radius 1 is 0.460 bits per heavy atom. The SMILES string of the molecule is CC1(C)c2ccccc2-c2cc(N(c3cccc(-c4ccccc4)c3)c3ccc4oc5cc6nc(-c7ccccc7)oc6cc5c4c3)ccc21. The van der Waals surface area contributed by atoms with Crippen LogP contribution < -0.4 is 4.90 Å². The molecule has 0 radical (unpaired) electrons. The molecular formula is C46H32N2O2. The number of hydrogen-bond donors (Lipinski definition) is 0. The number of furan rings is 1. The van der Waals surface area contributed by atoms with Gasteiger partial charge in [0.1, 0.15) is 16.7 Å². The van der Waals surface area contributed by atoms with Gasteiger partial charge in [-0.2, -0.15) is 0 Å². The van der Waals surface area contributed by atoms with Gasteiger partial charge in [-0.05, 0) is 94.0 Å². The van der Waals surface area contributed by atoms with Crippen LogP contribution in [-0.2, 0) is 5.41 Å². The Morgan fingerprint density at radius 2 is 1.12 bits per heavy atom. The molecule has 238 valence electrons. The maximum Gasteiger partial charge on any atom is 0.227 e. The summed E-state index contributed by atoms with van der Waals surface area (Å²) in [6.45, 7) is 4.65. The van der Waals surface area contributed by atoms with Crippen LogP contribution in [0.2, 0.25) is 0 Å². The first-order chi connectivity index (χ1) is 24.5. The second kappa shape index (κ2) is 10.8. The number of hydrogen-bond acceptors (Lipinski definition) is 4. The predicted molar refractivity (Wildman–Crippen MR) is 204 cm³/mol. The molecule has 4 nitrogen and oxygen atoms in total. The zero-order chi connectivity index (χ0) is 33.4. The molecule has 1 aliphatic rings. The highest BCUT2D eigenvalue weighted by molar-refractivity contribution is 6.10. The molecule has 10 rings (SSSR count). The molecule has 0 unspecified atom stereocenters. The molecule has 0 N–H and O–H groups in total. The molecule has 9 aromatic rings. The molecule has 0 fully saturated rings. The summed E-state index contributed by atoms with van der Waals surface area (Å²) < 4.78 is 12.7. The third kappa shape index (κ3) is 4.42. The van der Waals surface area contributed by atoms with Crippen LogP contribution in [0.5, 0.6) is 0 Å². The van der Waals surface area contributed by atoms with E-state index in [1.54, 1.807) is 0 Å². The van der Waals surface area contributed by atoms with E-state index in [2.05, 4.69) is 140 Å². The van der Waals surface area contributed by atoms with Gasteiger partial charge in [0.05, 0.1) is 0 Å². The van der Waals surface area contributed by atoms with E-state index >= 15 is 0 Å². The fourth-order valence-electron chi connectivity index (χ4n) is 7.78. The average Bonchev–Trinajstić information content (AvgIpc) is 3.81. The summed E-state index contributed by atoms with van der Waals surface area (Å²) in [6.07, 6.45) is 0. The molecular weight excluding hydrogens is 613 g/mol. The van der Waals surface area contributed by atoms with Crippen molar-refractivity contribution in [1.29, 1.82) is 0 Å². The van der Waals surface area contributed by atoms with Gasteiger partial charge in [0.25, 0.3) is 0 Å². The highest BCUT2D eigenvalue weighted by Gasteiger charge is 2.35. The van der Waals surface area contributed by atoms with Crippen LogP contribution in [0.15, 0.2) is 167 Å². The molecule has 2 aromatic heterocycles. The lowest BCUT2D eigenvalue weighted by Crippen LogP contribution is -2.15. The minimum atomic E-state index is -0.0659. The van der Waals surface area contributed by atoms with Gasteiger partial charge in [-0.3, -0.25) is 0 Å². The Morgan fingerprint density at radius 3 is 1.96 bits per heavy atom. The Kier molecular flexibility index (Phi) is 6.19. The molecule has 4 heteroatoms. The van der Waals surface area contributed by atoms with Crippen LogP contribution in [-0.4, -0.2) is 4.98 Å². The van der Waals surface area contributed by atoms with E-state index in [0.29, 0.717) is 5.89 Å². The maximum absolute atomic E-state index is 6.42. The molecule has 0 saturated carbocycles. The van der Waals surface area contributed by atoms with E-state index in [1.807, 2.05) is 36.4 Å². The van der Waals surface area contributed by atoms with Crippen molar-refractivity contribution in [3.63, 3.8) is 0 Å². The fraction of sp³-hybridized carbons (Fsp3) is 0.0652. The van der Waals surface area contributed by atoms with Gasteiger partial charge in [0, 0.05) is 44.9 Å². The van der Waals surface area contributed by atoms with E-state index in [4.69, 9.17) is 13.8 Å². The first-order valence-corrected chi connectivity index (χ1v) is 17.0. The van der Waals surface area contributed by atoms with E-state index in [0.717, 1.165) is 61.2 Å². The normalized spacial score (nSPS) is 13.2. The molecule has 50 heavy (non-hydrogen) atoms. The summed E-state index contributed by atoms with van der Waals surface area (Å²) in [7, 11) is 0. The summed E-state index contributed by atoms with van der Waals surface area (Å²) in [5, 5.41) is 2.02. The van der Waals surface area contributed by atoms with E-state index < -0.39 is 0 Å². The minimum absolute atomic E-state index is 0.0659. The highest BCUT2D eigenvalue weighted by Crippen LogP contribution is 2.51. The van der Waals surface area contributed by atoms with Gasteiger partial charge in [0.15, 0.2) is 5.58 Å². The molecule has 0 atom stereocenters. The minimum Gasteiger partial charge on any atom is -0.456 e. The summed E-state index contributed by atoms with van der Waals surface area (Å²) in [5.41, 5.74) is 14.9. The lowest BCUT2D eigenvalue weighted by molar-refractivity contribution is 0.620. The zero-order valence-corrected chi connectivity index (χ0v) is 27.7. The Balaban J connectivity index is 1.16. The molecule has 7 aromatic carbocycles. The number of nitrogens with zero attached hydrogens (tertiary/aromatic N) is 2. The molecule has 0 bridgehead atoms. The van der Waals surface area contributed by atoms with Crippen molar-refractivity contribution < 1.29 is 8.83 Å². The average molecular weight is 645 g/mol. The third-order valence-corrected chi connectivity index (χ3v) is 10.3. The van der Waals surface area contributed by atoms with Crippen LogP contribution >= 0.6 is 0 Å². The topological polar surface area (TPSA) is 42.4 Å². The molecule has 1 aliphatic carbocycles. The standard InChI is InChI=1S/C46H32N2O2/c1-46(2)39-19-10-9-18-35(39)36-25-33(20-22-40(36)46)48(32-17-11-16-31(24-32)29-12-5-3-6-13-29)34-21-23-42-37(26-34)38-27-44-41(28-43(38)49-42)47-45(50-44)30-14-7-4-8-15-30/h3-28H,1-2H3. The molecule has 0 aliphatic heterocycles. The van der Waals surface area contributed by atoms with Gasteiger partial charge in [-0.15, -0.1) is 0 Å². The Bertz CT molecular complexity index is 2740. The summed E-state index contributed by atoms with van der Waals surface area (Å²) in [5.74, 6) is 0.601. The summed E-state index contributed by atoms with van der Waals surface area (Å²) in [4.78, 5) is 7.14. The molecule has 0 saturated heterocycles. The second-order valence-electron chi connectivity index (χ2n) is 13.6. The number of anilines is 3. The number of benzene rings is 7. The fourth-order valence-corrected chi connectivity index (χ4v) is 7.78. The quantitative estimate of drug-likeness (QED) is 0.187. The molecule has 2 heterocycles. The monoisotopic (exact) mass is 644 g/mol. The Labute approximate surface area is 289 Å². The number of fused-ring (bicyclic) bond motifs is 7. The number of rotatable bonds is 5. The number of aromatic nitrogens is 1. The van der Waals surface area contributed by atoms with Crippen molar-refractivity contribution in [2.45, 2.75) is 19.3 Å². The largest absolute Gasteiger partial charge is 0.456 e. The van der Waals surface area contributed by atoms with Gasteiger partial charge >= 0.3 is 0 Å². The van der Waals surface area contributed by atoms with Crippen molar-refractivity contribution in [3.05, 3.63) is 169 Å². The summed E-state index contributed by atoms with van der Waals surface area (Å²) in [6, 6.07) is 55.6. The number of oxazole rings is 1. The van der Waals surface area contributed by atoms with Crippen molar-refractivity contribution in [2.75, 3.05) is 4.90 Å². The van der Waals surface area contributed by atoms with Crippen LogP contribution in [0.4, 0.5) is 17.1 Å². The smallest absolute Gasteiger partial charge is 0.227 e. The molecule has 0 amide bonds. The van der Waals surface area contributed by atoms with Crippen molar-refractivity contribution in [3.8, 4) is 33.7 Å². The van der Waals surface area contributed by atoms with E-state index in [9.17, 15) is 0 Å². The Hall–Kier alpha value is -6.39. The second-order valence-corrected chi connectivity index (χ2v) is 13.6. The van der Waals surface area contributed by atoms with Crippen LogP contribution in [0.3, 0.4) is 0 Å². The van der Waals surface area contributed by atoms with E-state index in [-0.39, 0.29) is 5.41 Å². The first-order valence-electron chi connectivity index (χ1n) is 17.0. The zero-order valence-electron chi connectivity index (χ0n) is 27.7. The lowest BCUT2D eigenvalue weighted by Gasteiger charge is -2.27. The van der Waals surface area contributed by atoms with Crippen molar-refractivity contribution in [2.24, 2.45) is 0 Å².